The maximum Gasteiger partial charge on any atom is 0.230 e. The monoisotopic (exact) mass is 390 g/mol. The van der Waals surface area contributed by atoms with Gasteiger partial charge in [0.25, 0.3) is 0 Å². The maximum atomic E-state index is 12.1. The van der Waals surface area contributed by atoms with Gasteiger partial charge in [-0.3, -0.25) is 4.79 Å². The fourth-order valence-electron chi connectivity index (χ4n) is 2.56. The third kappa shape index (κ3) is 6.57. The SMILES string of the molecule is COc1ccc(-c2nnc(SCC(=O)NCCC(C)C)n2CC(C)C)cc1. The molecule has 27 heavy (non-hydrogen) atoms. The second kappa shape index (κ2) is 10.3. The van der Waals surface area contributed by atoms with Crippen LogP contribution in [0.2, 0.25) is 0 Å². The lowest BCUT2D eigenvalue weighted by Crippen LogP contribution is -2.27. The molecule has 0 saturated heterocycles. The van der Waals surface area contributed by atoms with Crippen LogP contribution in [0.25, 0.3) is 11.4 Å². The summed E-state index contributed by atoms with van der Waals surface area (Å²) in [5, 5.41) is 12.4. The minimum Gasteiger partial charge on any atom is -0.497 e. The Labute approximate surface area is 166 Å². The first-order valence-corrected chi connectivity index (χ1v) is 10.4. The Morgan fingerprint density at radius 2 is 1.85 bits per heavy atom. The van der Waals surface area contributed by atoms with E-state index in [9.17, 15) is 4.79 Å². The second-order valence-electron chi connectivity index (χ2n) is 7.36. The minimum absolute atomic E-state index is 0.0331. The van der Waals surface area contributed by atoms with Gasteiger partial charge in [0.15, 0.2) is 11.0 Å². The first-order valence-electron chi connectivity index (χ1n) is 9.37. The number of thioether (sulfide) groups is 1. The van der Waals surface area contributed by atoms with Gasteiger partial charge in [-0.1, -0.05) is 39.5 Å². The Kier molecular flexibility index (Phi) is 8.16. The number of hydrogen-bond acceptors (Lipinski definition) is 5. The molecule has 0 fully saturated rings. The van der Waals surface area contributed by atoms with Crippen molar-refractivity contribution in [2.45, 2.75) is 45.8 Å². The highest BCUT2D eigenvalue weighted by atomic mass is 32.2. The number of hydrogen-bond donors (Lipinski definition) is 1. The Hall–Kier alpha value is -2.02. The highest BCUT2D eigenvalue weighted by Crippen LogP contribution is 2.26. The predicted octanol–water partition coefficient (Wildman–Crippen LogP) is 3.86. The Bertz CT molecular complexity index is 726. The summed E-state index contributed by atoms with van der Waals surface area (Å²) in [6, 6.07) is 7.79. The molecule has 1 heterocycles. The lowest BCUT2D eigenvalue weighted by molar-refractivity contribution is -0.118. The summed E-state index contributed by atoms with van der Waals surface area (Å²) in [4.78, 5) is 12.1. The Morgan fingerprint density at radius 3 is 2.44 bits per heavy atom. The lowest BCUT2D eigenvalue weighted by atomic mass is 10.1. The fourth-order valence-corrected chi connectivity index (χ4v) is 3.34. The van der Waals surface area contributed by atoms with Crippen LogP contribution < -0.4 is 10.1 Å². The number of methoxy groups -OCH3 is 1. The number of nitrogens with one attached hydrogen (secondary N) is 1. The smallest absolute Gasteiger partial charge is 0.230 e. The number of carbonyl (C=O) groups is 1. The van der Waals surface area contributed by atoms with Crippen molar-refractivity contribution in [3.05, 3.63) is 24.3 Å². The lowest BCUT2D eigenvalue weighted by Gasteiger charge is -2.13. The summed E-state index contributed by atoms with van der Waals surface area (Å²) >= 11 is 1.43. The van der Waals surface area contributed by atoms with Gasteiger partial charge in [-0.2, -0.15) is 0 Å². The van der Waals surface area contributed by atoms with Gasteiger partial charge >= 0.3 is 0 Å². The molecule has 0 bridgehead atoms. The molecule has 2 aromatic rings. The molecule has 148 valence electrons. The first-order chi connectivity index (χ1) is 12.9. The molecule has 0 spiro atoms. The maximum absolute atomic E-state index is 12.1. The average Bonchev–Trinajstić information content (AvgIpc) is 3.01. The molecule has 1 N–H and O–H groups in total. The van der Waals surface area contributed by atoms with Crippen LogP contribution >= 0.6 is 11.8 Å². The van der Waals surface area contributed by atoms with Gasteiger partial charge in [0.2, 0.25) is 5.91 Å². The van der Waals surface area contributed by atoms with Gasteiger partial charge in [0.1, 0.15) is 5.75 Å². The topological polar surface area (TPSA) is 69.0 Å². The van der Waals surface area contributed by atoms with Gasteiger partial charge in [0, 0.05) is 18.7 Å². The van der Waals surface area contributed by atoms with Gasteiger partial charge < -0.3 is 14.6 Å². The second-order valence-corrected chi connectivity index (χ2v) is 8.30. The number of ether oxygens (including phenoxy) is 1. The summed E-state index contributed by atoms with van der Waals surface area (Å²) < 4.78 is 7.32. The van der Waals surface area contributed by atoms with E-state index < -0.39 is 0 Å². The van der Waals surface area contributed by atoms with Crippen LogP contribution in [0.1, 0.15) is 34.1 Å². The summed E-state index contributed by atoms with van der Waals surface area (Å²) in [6.07, 6.45) is 0.988. The van der Waals surface area contributed by atoms with Crippen LogP contribution in [0, 0.1) is 11.8 Å². The first kappa shape index (κ1) is 21.3. The number of benzene rings is 1. The van der Waals surface area contributed by atoms with Crippen LogP contribution in [0.3, 0.4) is 0 Å². The zero-order valence-electron chi connectivity index (χ0n) is 16.9. The van der Waals surface area contributed by atoms with E-state index in [1.54, 1.807) is 7.11 Å². The normalized spacial score (nSPS) is 11.2. The molecule has 1 aromatic heterocycles. The van der Waals surface area contributed by atoms with E-state index >= 15 is 0 Å². The van der Waals surface area contributed by atoms with Crippen molar-refractivity contribution >= 4 is 17.7 Å². The summed E-state index contributed by atoms with van der Waals surface area (Å²) in [5.74, 6) is 3.02. The molecule has 0 atom stereocenters. The van der Waals surface area contributed by atoms with Crippen molar-refractivity contribution in [3.63, 3.8) is 0 Å². The molecule has 7 heteroatoms. The van der Waals surface area contributed by atoms with E-state index in [4.69, 9.17) is 4.74 Å². The summed E-state index contributed by atoms with van der Waals surface area (Å²) in [5.41, 5.74) is 0.984. The van der Waals surface area contributed by atoms with E-state index in [0.29, 0.717) is 24.1 Å². The molecule has 0 aliphatic carbocycles. The van der Waals surface area contributed by atoms with Gasteiger partial charge in [-0.05, 0) is 42.5 Å². The summed E-state index contributed by atoms with van der Waals surface area (Å²) in [7, 11) is 1.65. The van der Waals surface area contributed by atoms with Crippen molar-refractivity contribution in [3.8, 4) is 17.1 Å². The molecular weight excluding hydrogens is 360 g/mol. The van der Waals surface area contributed by atoms with Gasteiger partial charge in [0.05, 0.1) is 12.9 Å². The Balaban J connectivity index is 2.09. The molecule has 1 aromatic carbocycles. The highest BCUT2D eigenvalue weighted by Gasteiger charge is 2.16. The largest absolute Gasteiger partial charge is 0.497 e. The van der Waals surface area contributed by atoms with E-state index in [1.807, 2.05) is 24.3 Å². The predicted molar refractivity (Wildman–Crippen MR) is 110 cm³/mol. The molecule has 0 radical (unpaired) electrons. The van der Waals surface area contributed by atoms with Gasteiger partial charge in [-0.25, -0.2) is 0 Å². The summed E-state index contributed by atoms with van der Waals surface area (Å²) in [6.45, 7) is 10.1. The molecule has 0 saturated carbocycles. The quantitative estimate of drug-likeness (QED) is 0.624. The van der Waals surface area contributed by atoms with E-state index in [2.05, 4.69) is 47.8 Å². The fraction of sp³-hybridized carbons (Fsp3) is 0.550. The molecule has 2 rings (SSSR count). The van der Waals surface area contributed by atoms with Crippen LogP contribution in [0.15, 0.2) is 29.4 Å². The number of rotatable bonds is 10. The van der Waals surface area contributed by atoms with Crippen molar-refractivity contribution in [1.29, 1.82) is 0 Å². The minimum atomic E-state index is 0.0331. The van der Waals surface area contributed by atoms with Crippen LogP contribution in [0.5, 0.6) is 5.75 Å². The van der Waals surface area contributed by atoms with Crippen molar-refractivity contribution in [2.75, 3.05) is 19.4 Å². The number of nitrogens with zero attached hydrogens (tertiary/aromatic N) is 3. The number of carbonyl (C=O) groups excluding carboxylic acids is 1. The average molecular weight is 391 g/mol. The molecule has 1 amide bonds. The zero-order valence-corrected chi connectivity index (χ0v) is 17.7. The third-order valence-corrected chi connectivity index (χ3v) is 4.96. The van der Waals surface area contributed by atoms with E-state index in [1.165, 1.54) is 11.8 Å². The highest BCUT2D eigenvalue weighted by molar-refractivity contribution is 7.99. The van der Waals surface area contributed by atoms with Crippen molar-refractivity contribution < 1.29 is 9.53 Å². The zero-order chi connectivity index (χ0) is 19.8. The van der Waals surface area contributed by atoms with Crippen LogP contribution in [-0.4, -0.2) is 40.1 Å². The van der Waals surface area contributed by atoms with Crippen LogP contribution in [0.4, 0.5) is 0 Å². The van der Waals surface area contributed by atoms with Crippen molar-refractivity contribution in [1.82, 2.24) is 20.1 Å². The molecule has 0 aliphatic rings. The number of amides is 1. The molecule has 0 aliphatic heterocycles. The Morgan fingerprint density at radius 1 is 1.15 bits per heavy atom. The van der Waals surface area contributed by atoms with Crippen LogP contribution in [-0.2, 0) is 11.3 Å². The van der Waals surface area contributed by atoms with Crippen molar-refractivity contribution in [2.24, 2.45) is 11.8 Å². The van der Waals surface area contributed by atoms with Gasteiger partial charge in [-0.15, -0.1) is 10.2 Å². The van der Waals surface area contributed by atoms with E-state index in [-0.39, 0.29) is 5.91 Å². The third-order valence-electron chi connectivity index (χ3n) is 3.99. The molecule has 0 unspecified atom stereocenters. The number of aromatic nitrogens is 3. The molecule has 6 nitrogen and oxygen atoms in total. The standard InChI is InChI=1S/C20H30N4O2S/c1-14(2)10-11-21-18(25)13-27-20-23-22-19(24(20)12-15(3)4)16-6-8-17(26-5)9-7-16/h6-9,14-15H,10-13H2,1-5H3,(H,21,25). The molecular formula is C20H30N4O2S. The van der Waals surface area contributed by atoms with E-state index in [0.717, 1.165) is 35.3 Å².